The summed E-state index contributed by atoms with van der Waals surface area (Å²) in [7, 11) is 0. The third-order valence-electron chi connectivity index (χ3n) is 4.84. The van der Waals surface area contributed by atoms with E-state index in [2.05, 4.69) is 31.3 Å². The summed E-state index contributed by atoms with van der Waals surface area (Å²) in [6, 6.07) is 8.58. The summed E-state index contributed by atoms with van der Waals surface area (Å²) < 4.78 is 8.04. The molecule has 1 aliphatic heterocycles. The number of nitrogens with zero attached hydrogens (tertiary/aromatic N) is 1. The Bertz CT molecular complexity index is 778. The standard InChI is InChI=1S/C18H22N2O2/c1-12-10-19-11-18(2,22-12)14-3-6-16-13(9-14)7-8-20(17(16)21)15-4-5-15/h3,6-9,12,15,19H,4-5,10-11H2,1-2H3/t12-,18-/m1/s1. The van der Waals surface area contributed by atoms with Gasteiger partial charge in [-0.05, 0) is 55.8 Å². The van der Waals surface area contributed by atoms with Crippen LogP contribution in [0.1, 0.15) is 38.3 Å². The molecule has 0 bridgehead atoms. The number of ether oxygens (including phenoxy) is 1. The van der Waals surface area contributed by atoms with E-state index in [0.717, 1.165) is 42.3 Å². The molecule has 0 amide bonds. The first kappa shape index (κ1) is 14.0. The van der Waals surface area contributed by atoms with Crippen molar-refractivity contribution in [3.05, 3.63) is 46.4 Å². The Kier molecular flexibility index (Phi) is 3.13. The maximum Gasteiger partial charge on any atom is 0.258 e. The zero-order valence-corrected chi connectivity index (χ0v) is 13.1. The first-order valence-corrected chi connectivity index (χ1v) is 8.11. The first-order valence-electron chi connectivity index (χ1n) is 8.11. The molecule has 22 heavy (non-hydrogen) atoms. The van der Waals surface area contributed by atoms with Gasteiger partial charge in [0.25, 0.3) is 5.56 Å². The molecule has 1 aromatic carbocycles. The molecule has 1 aliphatic carbocycles. The van der Waals surface area contributed by atoms with Crippen molar-refractivity contribution < 1.29 is 4.74 Å². The van der Waals surface area contributed by atoms with Crippen molar-refractivity contribution in [3.63, 3.8) is 0 Å². The van der Waals surface area contributed by atoms with E-state index in [1.165, 1.54) is 0 Å². The summed E-state index contributed by atoms with van der Waals surface area (Å²) in [6.45, 7) is 5.87. The number of benzene rings is 1. The highest BCUT2D eigenvalue weighted by Crippen LogP contribution is 2.34. The molecule has 0 unspecified atom stereocenters. The number of nitrogens with one attached hydrogen (secondary N) is 1. The van der Waals surface area contributed by atoms with Crippen LogP contribution in [0.15, 0.2) is 35.3 Å². The highest BCUT2D eigenvalue weighted by molar-refractivity contribution is 5.82. The molecule has 0 radical (unpaired) electrons. The van der Waals surface area contributed by atoms with Gasteiger partial charge in [-0.3, -0.25) is 4.79 Å². The van der Waals surface area contributed by atoms with Gasteiger partial charge in [-0.15, -0.1) is 0 Å². The smallest absolute Gasteiger partial charge is 0.258 e. The Hall–Kier alpha value is -1.65. The molecule has 1 aromatic heterocycles. The van der Waals surface area contributed by atoms with Gasteiger partial charge in [0.15, 0.2) is 0 Å². The number of hydrogen-bond acceptors (Lipinski definition) is 3. The predicted octanol–water partition coefficient (Wildman–Crippen LogP) is 2.56. The van der Waals surface area contributed by atoms with E-state index in [-0.39, 0.29) is 17.3 Å². The third-order valence-corrected chi connectivity index (χ3v) is 4.84. The summed E-state index contributed by atoms with van der Waals surface area (Å²) in [5.41, 5.74) is 0.924. The number of morpholine rings is 1. The Balaban J connectivity index is 1.78. The molecule has 1 N–H and O–H groups in total. The maximum absolute atomic E-state index is 12.5. The molecule has 1 saturated carbocycles. The Morgan fingerprint density at radius 3 is 2.86 bits per heavy atom. The zero-order valence-electron chi connectivity index (χ0n) is 13.1. The van der Waals surface area contributed by atoms with Crippen molar-refractivity contribution in [1.82, 2.24) is 9.88 Å². The average molecular weight is 298 g/mol. The molecular weight excluding hydrogens is 276 g/mol. The van der Waals surface area contributed by atoms with E-state index in [4.69, 9.17) is 4.74 Å². The zero-order chi connectivity index (χ0) is 15.3. The van der Waals surface area contributed by atoms with Crippen molar-refractivity contribution in [3.8, 4) is 0 Å². The summed E-state index contributed by atoms with van der Waals surface area (Å²) >= 11 is 0. The molecule has 2 fully saturated rings. The fraction of sp³-hybridized carbons (Fsp3) is 0.500. The van der Waals surface area contributed by atoms with Gasteiger partial charge < -0.3 is 14.6 Å². The van der Waals surface area contributed by atoms with Crippen LogP contribution >= 0.6 is 0 Å². The molecule has 2 aliphatic rings. The third kappa shape index (κ3) is 2.27. The normalized spacial score (nSPS) is 28.9. The molecule has 116 valence electrons. The molecule has 2 heterocycles. The van der Waals surface area contributed by atoms with Crippen molar-refractivity contribution in [2.75, 3.05) is 13.1 Å². The fourth-order valence-corrected chi connectivity index (χ4v) is 3.44. The van der Waals surface area contributed by atoms with Crippen LogP contribution in [0.25, 0.3) is 10.8 Å². The second kappa shape index (κ2) is 4.93. The molecule has 4 nitrogen and oxygen atoms in total. The summed E-state index contributed by atoms with van der Waals surface area (Å²) in [6.07, 6.45) is 4.38. The highest BCUT2D eigenvalue weighted by atomic mass is 16.5. The lowest BCUT2D eigenvalue weighted by molar-refractivity contribution is -0.102. The van der Waals surface area contributed by atoms with Crippen LogP contribution in [0.2, 0.25) is 0 Å². The molecule has 0 spiro atoms. The number of fused-ring (bicyclic) bond motifs is 1. The van der Waals surface area contributed by atoms with Gasteiger partial charge in [-0.2, -0.15) is 0 Å². The van der Waals surface area contributed by atoms with Gasteiger partial charge >= 0.3 is 0 Å². The van der Waals surface area contributed by atoms with Crippen molar-refractivity contribution in [2.45, 2.75) is 44.4 Å². The van der Waals surface area contributed by atoms with Gasteiger partial charge in [0.2, 0.25) is 0 Å². The van der Waals surface area contributed by atoms with E-state index in [1.54, 1.807) is 0 Å². The number of pyridine rings is 1. The second-order valence-corrected chi connectivity index (χ2v) is 6.85. The molecule has 2 aromatic rings. The van der Waals surface area contributed by atoms with E-state index >= 15 is 0 Å². The quantitative estimate of drug-likeness (QED) is 0.926. The van der Waals surface area contributed by atoms with Gasteiger partial charge in [0.1, 0.15) is 5.60 Å². The molecular formula is C18H22N2O2. The van der Waals surface area contributed by atoms with Gasteiger partial charge in [-0.1, -0.05) is 6.07 Å². The van der Waals surface area contributed by atoms with Gasteiger partial charge in [0.05, 0.1) is 6.10 Å². The fourth-order valence-electron chi connectivity index (χ4n) is 3.44. The van der Waals surface area contributed by atoms with Crippen LogP contribution in [0, 0.1) is 0 Å². The summed E-state index contributed by atoms with van der Waals surface area (Å²) in [5, 5.41) is 5.23. The molecule has 2 atom stereocenters. The Morgan fingerprint density at radius 1 is 1.32 bits per heavy atom. The predicted molar refractivity (Wildman–Crippen MR) is 87.2 cm³/mol. The minimum Gasteiger partial charge on any atom is -0.365 e. The van der Waals surface area contributed by atoms with Crippen LogP contribution in [-0.4, -0.2) is 23.8 Å². The van der Waals surface area contributed by atoms with E-state index in [1.807, 2.05) is 22.9 Å². The van der Waals surface area contributed by atoms with Crippen LogP contribution in [0.4, 0.5) is 0 Å². The minimum absolute atomic E-state index is 0.132. The van der Waals surface area contributed by atoms with Crippen LogP contribution in [0.3, 0.4) is 0 Å². The monoisotopic (exact) mass is 298 g/mol. The van der Waals surface area contributed by atoms with Gasteiger partial charge in [0, 0.05) is 30.7 Å². The number of hydrogen-bond donors (Lipinski definition) is 1. The van der Waals surface area contributed by atoms with Crippen molar-refractivity contribution >= 4 is 10.8 Å². The number of rotatable bonds is 2. The number of aromatic nitrogens is 1. The lowest BCUT2D eigenvalue weighted by Crippen LogP contribution is -2.49. The topological polar surface area (TPSA) is 43.3 Å². The lowest BCUT2D eigenvalue weighted by Gasteiger charge is -2.38. The Morgan fingerprint density at radius 2 is 2.14 bits per heavy atom. The SMILES string of the molecule is C[C@@H]1CNC[C@](C)(c2ccc3c(=O)n(C4CC4)ccc3c2)O1. The van der Waals surface area contributed by atoms with Crippen LogP contribution < -0.4 is 10.9 Å². The minimum atomic E-state index is -0.336. The summed E-state index contributed by atoms with van der Waals surface area (Å²) in [4.78, 5) is 12.5. The second-order valence-electron chi connectivity index (χ2n) is 6.85. The molecule has 4 rings (SSSR count). The van der Waals surface area contributed by atoms with Gasteiger partial charge in [-0.25, -0.2) is 0 Å². The van der Waals surface area contributed by atoms with E-state index < -0.39 is 0 Å². The summed E-state index contributed by atoms with van der Waals surface area (Å²) in [5.74, 6) is 0. The van der Waals surface area contributed by atoms with E-state index in [0.29, 0.717) is 6.04 Å². The Labute approximate surface area is 130 Å². The maximum atomic E-state index is 12.5. The largest absolute Gasteiger partial charge is 0.365 e. The van der Waals surface area contributed by atoms with Crippen molar-refractivity contribution in [2.24, 2.45) is 0 Å². The average Bonchev–Trinajstić information content (AvgIpc) is 3.32. The van der Waals surface area contributed by atoms with Crippen molar-refractivity contribution in [1.29, 1.82) is 0 Å². The molecule has 4 heteroatoms. The molecule has 1 saturated heterocycles. The van der Waals surface area contributed by atoms with Crippen LogP contribution in [0.5, 0.6) is 0 Å². The van der Waals surface area contributed by atoms with E-state index in [9.17, 15) is 4.79 Å². The lowest BCUT2D eigenvalue weighted by atomic mass is 9.92. The highest BCUT2D eigenvalue weighted by Gasteiger charge is 2.33. The first-order chi connectivity index (χ1) is 10.6. The van der Waals surface area contributed by atoms with Crippen LogP contribution in [-0.2, 0) is 10.3 Å².